The Bertz CT molecular complexity index is 3920. The van der Waals surface area contributed by atoms with Crippen LogP contribution in [0.4, 0.5) is 17.1 Å². The Morgan fingerprint density at radius 2 is 0.815 bits per heavy atom. The zero-order chi connectivity index (χ0) is 42.8. The van der Waals surface area contributed by atoms with Gasteiger partial charge in [-0.15, -0.1) is 11.3 Å². The van der Waals surface area contributed by atoms with Crippen molar-refractivity contribution in [3.8, 4) is 44.5 Å². The summed E-state index contributed by atoms with van der Waals surface area (Å²) in [6.45, 7) is 0. The van der Waals surface area contributed by atoms with Crippen LogP contribution in [0.1, 0.15) is 0 Å². The molecule has 0 aliphatic heterocycles. The molecule has 3 heteroatoms. The van der Waals surface area contributed by atoms with Gasteiger partial charge in [-0.1, -0.05) is 194 Å². The number of furan rings is 1. The average molecular weight is 846 g/mol. The predicted octanol–water partition coefficient (Wildman–Crippen LogP) is 18.4. The van der Waals surface area contributed by atoms with Crippen molar-refractivity contribution in [2.24, 2.45) is 0 Å². The van der Waals surface area contributed by atoms with Gasteiger partial charge in [0.25, 0.3) is 0 Å². The molecule has 0 aliphatic rings. The minimum atomic E-state index is 0.851. The van der Waals surface area contributed by atoms with Crippen molar-refractivity contribution in [1.29, 1.82) is 0 Å². The Morgan fingerprint density at radius 1 is 0.308 bits per heavy atom. The van der Waals surface area contributed by atoms with Crippen LogP contribution in [0.25, 0.3) is 108 Å². The standard InChI is InChI=1S/C62H39NOS/c1-2-13-42(14-3-1)49-20-10-22-54-55-23-12-25-58(61(55)64-60(49)54)63(47-37-33-44(34-38-47)57-39-45-15-4-5-16-48(45)51-17-6-7-18-52(51)57)46-35-31-41(32-36-46)40-27-29-43(30-28-40)50-21-11-24-56-53-19-8-9-26-59(53)65-62(50)56/h1-39H. The maximum Gasteiger partial charge on any atom is 0.159 e. The minimum absolute atomic E-state index is 0.851. The second-order valence-electron chi connectivity index (χ2n) is 16.8. The van der Waals surface area contributed by atoms with Crippen molar-refractivity contribution in [2.45, 2.75) is 0 Å². The highest BCUT2D eigenvalue weighted by Gasteiger charge is 2.21. The molecule has 65 heavy (non-hydrogen) atoms. The van der Waals surface area contributed by atoms with E-state index in [1.165, 1.54) is 69.5 Å². The molecule has 0 radical (unpaired) electrons. The van der Waals surface area contributed by atoms with E-state index in [-0.39, 0.29) is 0 Å². The number of rotatable bonds is 7. The maximum atomic E-state index is 7.02. The lowest BCUT2D eigenvalue weighted by atomic mass is 9.93. The van der Waals surface area contributed by atoms with Crippen molar-refractivity contribution in [3.05, 3.63) is 237 Å². The molecule has 0 unspecified atom stereocenters. The number of para-hydroxylation sites is 2. The van der Waals surface area contributed by atoms with Crippen LogP contribution in [-0.4, -0.2) is 0 Å². The summed E-state index contributed by atoms with van der Waals surface area (Å²) in [6.07, 6.45) is 0. The molecule has 0 saturated heterocycles. The number of benzene rings is 11. The topological polar surface area (TPSA) is 16.4 Å². The highest BCUT2D eigenvalue weighted by molar-refractivity contribution is 7.26. The highest BCUT2D eigenvalue weighted by Crippen LogP contribution is 2.46. The Balaban J connectivity index is 0.919. The first kappa shape index (κ1) is 37.3. The van der Waals surface area contributed by atoms with Crippen LogP contribution in [0.15, 0.2) is 241 Å². The molecule has 0 N–H and O–H groups in total. The van der Waals surface area contributed by atoms with Gasteiger partial charge in [0.1, 0.15) is 5.58 Å². The van der Waals surface area contributed by atoms with E-state index < -0.39 is 0 Å². The molecule has 0 spiro atoms. The summed E-state index contributed by atoms with van der Waals surface area (Å²) in [4.78, 5) is 2.34. The Labute approximate surface area is 380 Å². The highest BCUT2D eigenvalue weighted by atomic mass is 32.1. The van der Waals surface area contributed by atoms with E-state index in [4.69, 9.17) is 4.42 Å². The summed E-state index contributed by atoms with van der Waals surface area (Å²) >= 11 is 1.87. The third kappa shape index (κ3) is 6.24. The van der Waals surface area contributed by atoms with E-state index in [1.807, 2.05) is 11.3 Å². The first-order valence-corrected chi connectivity index (χ1v) is 23.0. The van der Waals surface area contributed by atoms with E-state index in [0.29, 0.717) is 0 Å². The number of hydrogen-bond donors (Lipinski definition) is 0. The smallest absolute Gasteiger partial charge is 0.159 e. The Morgan fingerprint density at radius 3 is 1.57 bits per heavy atom. The maximum absolute atomic E-state index is 7.02. The molecule has 0 atom stereocenters. The van der Waals surface area contributed by atoms with E-state index in [0.717, 1.165) is 55.7 Å². The van der Waals surface area contributed by atoms with Crippen molar-refractivity contribution in [2.75, 3.05) is 4.90 Å². The predicted molar refractivity (Wildman–Crippen MR) is 278 cm³/mol. The number of fused-ring (bicyclic) bond motifs is 9. The van der Waals surface area contributed by atoms with Gasteiger partial charge in [0, 0.05) is 47.9 Å². The summed E-state index contributed by atoms with van der Waals surface area (Å²) in [5.41, 5.74) is 14.3. The largest absolute Gasteiger partial charge is 0.453 e. The number of thiophene rings is 1. The molecule has 13 rings (SSSR count). The first-order chi connectivity index (χ1) is 32.2. The zero-order valence-corrected chi connectivity index (χ0v) is 36.1. The fourth-order valence-corrected chi connectivity index (χ4v) is 11.2. The Hall–Kier alpha value is -8.24. The van der Waals surface area contributed by atoms with Gasteiger partial charge in [-0.05, 0) is 103 Å². The van der Waals surface area contributed by atoms with E-state index in [9.17, 15) is 0 Å². The third-order valence-corrected chi connectivity index (χ3v) is 14.3. The van der Waals surface area contributed by atoms with Crippen molar-refractivity contribution in [1.82, 2.24) is 0 Å². The molecule has 2 nitrogen and oxygen atoms in total. The van der Waals surface area contributed by atoms with Crippen LogP contribution >= 0.6 is 11.3 Å². The molecular weight excluding hydrogens is 807 g/mol. The monoisotopic (exact) mass is 845 g/mol. The average Bonchev–Trinajstić information content (AvgIpc) is 3.97. The molecule has 0 bridgehead atoms. The first-order valence-electron chi connectivity index (χ1n) is 22.2. The van der Waals surface area contributed by atoms with Crippen LogP contribution in [-0.2, 0) is 0 Å². The summed E-state index contributed by atoms with van der Waals surface area (Å²) in [5, 5.41) is 9.85. The lowest BCUT2D eigenvalue weighted by Gasteiger charge is -2.26. The fraction of sp³-hybridized carbons (Fsp3) is 0. The lowest BCUT2D eigenvalue weighted by Crippen LogP contribution is -2.10. The van der Waals surface area contributed by atoms with Crippen LogP contribution in [0.5, 0.6) is 0 Å². The normalized spacial score (nSPS) is 11.7. The summed E-state index contributed by atoms with van der Waals surface area (Å²) in [6, 6.07) is 85.7. The van der Waals surface area contributed by atoms with Gasteiger partial charge in [0.15, 0.2) is 5.58 Å². The van der Waals surface area contributed by atoms with Gasteiger partial charge in [-0.3, -0.25) is 0 Å². The van der Waals surface area contributed by atoms with Crippen molar-refractivity contribution < 1.29 is 4.42 Å². The van der Waals surface area contributed by atoms with Crippen molar-refractivity contribution in [3.63, 3.8) is 0 Å². The second-order valence-corrected chi connectivity index (χ2v) is 17.8. The third-order valence-electron chi connectivity index (χ3n) is 13.1. The molecule has 13 aromatic rings. The van der Waals surface area contributed by atoms with Crippen LogP contribution < -0.4 is 4.90 Å². The molecule has 11 aromatic carbocycles. The minimum Gasteiger partial charge on any atom is -0.453 e. The van der Waals surface area contributed by atoms with Gasteiger partial charge in [0.2, 0.25) is 0 Å². The number of anilines is 3. The number of nitrogens with zero attached hydrogens (tertiary/aromatic N) is 1. The van der Waals surface area contributed by atoms with Crippen LogP contribution in [0.3, 0.4) is 0 Å². The fourth-order valence-electron chi connectivity index (χ4n) is 9.96. The second kappa shape index (κ2) is 15.2. The Kier molecular flexibility index (Phi) is 8.75. The SMILES string of the molecule is c1ccc(-c2cccc3c2oc2c(N(c4ccc(-c5ccc(-c6cccc7c6sc6ccccc67)cc5)cc4)c4ccc(-c5cc6ccccc6c6ccccc56)cc4)cccc23)cc1. The molecule has 2 aromatic heterocycles. The van der Waals surface area contributed by atoms with Crippen LogP contribution in [0, 0.1) is 0 Å². The number of hydrogen-bond acceptors (Lipinski definition) is 3. The van der Waals surface area contributed by atoms with E-state index in [1.54, 1.807) is 0 Å². The summed E-state index contributed by atoms with van der Waals surface area (Å²) in [5.74, 6) is 0. The lowest BCUT2D eigenvalue weighted by molar-refractivity contribution is 0.670. The van der Waals surface area contributed by atoms with Crippen LogP contribution in [0.2, 0.25) is 0 Å². The quantitative estimate of drug-likeness (QED) is 0.149. The van der Waals surface area contributed by atoms with Gasteiger partial charge in [-0.25, -0.2) is 0 Å². The molecule has 0 saturated carbocycles. The molecular formula is C62H39NOS. The summed E-state index contributed by atoms with van der Waals surface area (Å²) in [7, 11) is 0. The molecule has 0 fully saturated rings. The molecule has 0 amide bonds. The van der Waals surface area contributed by atoms with Gasteiger partial charge in [-0.2, -0.15) is 0 Å². The van der Waals surface area contributed by atoms with Gasteiger partial charge in [0.05, 0.1) is 5.69 Å². The van der Waals surface area contributed by atoms with Gasteiger partial charge >= 0.3 is 0 Å². The summed E-state index contributed by atoms with van der Waals surface area (Å²) < 4.78 is 9.68. The van der Waals surface area contributed by atoms with E-state index >= 15 is 0 Å². The molecule has 0 aliphatic carbocycles. The van der Waals surface area contributed by atoms with E-state index in [2.05, 4.69) is 241 Å². The molecule has 304 valence electrons. The molecule has 2 heterocycles. The van der Waals surface area contributed by atoms with Gasteiger partial charge < -0.3 is 9.32 Å². The van der Waals surface area contributed by atoms with Crippen molar-refractivity contribution >= 4 is 92.1 Å². The zero-order valence-electron chi connectivity index (χ0n) is 35.3.